The van der Waals surface area contributed by atoms with E-state index in [2.05, 4.69) is 31.5 Å². The van der Waals surface area contributed by atoms with Gasteiger partial charge in [-0.05, 0) is 44.2 Å². The third-order valence-corrected chi connectivity index (χ3v) is 3.09. The molecule has 0 bridgehead atoms. The van der Waals surface area contributed by atoms with Crippen LogP contribution in [0.5, 0.6) is 0 Å². The molecule has 0 unspecified atom stereocenters. The highest BCUT2D eigenvalue weighted by molar-refractivity contribution is 9.10. The third kappa shape index (κ3) is 4.06. The van der Waals surface area contributed by atoms with Gasteiger partial charge < -0.3 is 10.6 Å². The predicted molar refractivity (Wildman–Crippen MR) is 85.1 cm³/mol. The first-order valence-electron chi connectivity index (χ1n) is 6.33. The number of rotatable bonds is 4. The van der Waals surface area contributed by atoms with E-state index in [1.54, 1.807) is 18.5 Å². The van der Waals surface area contributed by atoms with Gasteiger partial charge in [0, 0.05) is 28.6 Å². The zero-order valence-electron chi connectivity index (χ0n) is 11.4. The molecule has 1 amide bonds. The minimum Gasteiger partial charge on any atom is -0.382 e. The van der Waals surface area contributed by atoms with E-state index in [0.717, 1.165) is 15.8 Å². The lowest BCUT2D eigenvalue weighted by Crippen LogP contribution is -2.14. The average molecular weight is 334 g/mol. The number of pyridine rings is 1. The van der Waals surface area contributed by atoms with Crippen LogP contribution in [-0.2, 0) is 0 Å². The first-order valence-corrected chi connectivity index (χ1v) is 7.12. The molecule has 0 spiro atoms. The minimum absolute atomic E-state index is 0.174. The number of hydrogen-bond acceptors (Lipinski definition) is 3. The van der Waals surface area contributed by atoms with Gasteiger partial charge >= 0.3 is 0 Å². The summed E-state index contributed by atoms with van der Waals surface area (Å²) in [5, 5.41) is 6.06. The summed E-state index contributed by atoms with van der Waals surface area (Å²) in [6.07, 6.45) is 3.26. The Morgan fingerprint density at radius 2 is 1.85 bits per heavy atom. The van der Waals surface area contributed by atoms with E-state index in [1.807, 2.05) is 38.1 Å². The van der Waals surface area contributed by atoms with Crippen molar-refractivity contribution < 1.29 is 4.79 Å². The summed E-state index contributed by atoms with van der Waals surface area (Å²) >= 11 is 3.36. The topological polar surface area (TPSA) is 54.0 Å². The molecule has 20 heavy (non-hydrogen) atoms. The molecule has 0 radical (unpaired) electrons. The van der Waals surface area contributed by atoms with Crippen LogP contribution in [0, 0.1) is 0 Å². The lowest BCUT2D eigenvalue weighted by atomic mass is 10.2. The fourth-order valence-electron chi connectivity index (χ4n) is 1.71. The molecule has 1 aromatic carbocycles. The number of hydrogen-bond donors (Lipinski definition) is 2. The van der Waals surface area contributed by atoms with E-state index in [1.165, 1.54) is 0 Å². The summed E-state index contributed by atoms with van der Waals surface area (Å²) in [5.74, 6) is -0.174. The van der Waals surface area contributed by atoms with Crippen molar-refractivity contribution in [2.24, 2.45) is 0 Å². The van der Waals surface area contributed by atoms with Crippen LogP contribution < -0.4 is 10.6 Å². The van der Waals surface area contributed by atoms with Gasteiger partial charge in [-0.15, -0.1) is 0 Å². The van der Waals surface area contributed by atoms with Crippen LogP contribution in [0.2, 0.25) is 0 Å². The van der Waals surface area contributed by atoms with E-state index in [9.17, 15) is 4.79 Å². The molecule has 2 aromatic rings. The molecule has 1 heterocycles. The van der Waals surface area contributed by atoms with Gasteiger partial charge in [-0.25, -0.2) is 0 Å². The number of carbonyl (C=O) groups excluding carboxylic acids is 1. The maximum atomic E-state index is 12.1. The van der Waals surface area contributed by atoms with Gasteiger partial charge in [-0.2, -0.15) is 0 Å². The number of anilines is 2. The second kappa shape index (κ2) is 6.52. The van der Waals surface area contributed by atoms with E-state index in [4.69, 9.17) is 0 Å². The number of aromatic nitrogens is 1. The van der Waals surface area contributed by atoms with Crippen molar-refractivity contribution in [2.75, 3.05) is 10.6 Å². The van der Waals surface area contributed by atoms with Gasteiger partial charge in [-0.1, -0.05) is 15.9 Å². The number of benzene rings is 1. The molecule has 0 aliphatic rings. The Bertz CT molecular complexity index is 596. The molecule has 2 N–H and O–H groups in total. The molecule has 0 aliphatic carbocycles. The van der Waals surface area contributed by atoms with Crippen molar-refractivity contribution in [1.29, 1.82) is 0 Å². The van der Waals surface area contributed by atoms with Crippen molar-refractivity contribution in [3.63, 3.8) is 0 Å². The Labute approximate surface area is 126 Å². The van der Waals surface area contributed by atoms with Gasteiger partial charge in [0.1, 0.15) is 0 Å². The summed E-state index contributed by atoms with van der Waals surface area (Å²) in [6.45, 7) is 4.07. The lowest BCUT2D eigenvalue weighted by Gasteiger charge is -2.11. The van der Waals surface area contributed by atoms with Crippen LogP contribution in [-0.4, -0.2) is 16.9 Å². The first-order chi connectivity index (χ1) is 9.54. The largest absolute Gasteiger partial charge is 0.382 e. The number of nitrogens with zero attached hydrogens (tertiary/aromatic N) is 1. The van der Waals surface area contributed by atoms with Crippen molar-refractivity contribution in [1.82, 2.24) is 4.98 Å². The molecule has 0 fully saturated rings. The normalized spacial score (nSPS) is 10.4. The second-order valence-electron chi connectivity index (χ2n) is 4.72. The number of nitrogens with one attached hydrogen (secondary N) is 2. The maximum absolute atomic E-state index is 12.1. The van der Waals surface area contributed by atoms with Crippen molar-refractivity contribution in [2.45, 2.75) is 19.9 Å². The third-order valence-electron chi connectivity index (χ3n) is 2.56. The van der Waals surface area contributed by atoms with E-state index < -0.39 is 0 Å². The molecule has 104 valence electrons. The number of amides is 1. The molecular weight excluding hydrogens is 318 g/mol. The zero-order valence-corrected chi connectivity index (χ0v) is 12.9. The quantitative estimate of drug-likeness (QED) is 0.891. The number of halogens is 1. The van der Waals surface area contributed by atoms with Gasteiger partial charge in [0.25, 0.3) is 5.91 Å². The molecule has 0 saturated heterocycles. The van der Waals surface area contributed by atoms with Crippen molar-refractivity contribution >= 4 is 33.2 Å². The molecule has 5 heteroatoms. The molecular formula is C15H16BrN3O. The second-order valence-corrected chi connectivity index (χ2v) is 5.64. The molecule has 0 saturated carbocycles. The summed E-state index contributed by atoms with van der Waals surface area (Å²) < 4.78 is 0.972. The van der Waals surface area contributed by atoms with Crippen LogP contribution in [0.3, 0.4) is 0 Å². The lowest BCUT2D eigenvalue weighted by molar-refractivity contribution is 0.102. The smallest absolute Gasteiger partial charge is 0.257 e. The van der Waals surface area contributed by atoms with E-state index in [-0.39, 0.29) is 5.91 Å². The Morgan fingerprint density at radius 3 is 2.50 bits per heavy atom. The molecule has 0 aliphatic heterocycles. The highest BCUT2D eigenvalue weighted by atomic mass is 79.9. The van der Waals surface area contributed by atoms with Crippen molar-refractivity contribution in [3.8, 4) is 0 Å². The number of carbonyl (C=O) groups is 1. The van der Waals surface area contributed by atoms with Crippen molar-refractivity contribution in [3.05, 3.63) is 52.8 Å². The first kappa shape index (κ1) is 14.5. The molecule has 4 nitrogen and oxygen atoms in total. The summed E-state index contributed by atoms with van der Waals surface area (Å²) in [4.78, 5) is 16.2. The monoisotopic (exact) mass is 333 g/mol. The minimum atomic E-state index is -0.174. The standard InChI is InChI=1S/C15H16BrN3O/c1-10(2)18-14-7-11(8-17-9-14)15(20)19-13-5-3-12(16)4-6-13/h3-10,18H,1-2H3,(H,19,20). The Morgan fingerprint density at radius 1 is 1.15 bits per heavy atom. The summed E-state index contributed by atoms with van der Waals surface area (Å²) in [5.41, 5.74) is 2.11. The van der Waals surface area contributed by atoms with Gasteiger partial charge in [0.05, 0.1) is 11.3 Å². The van der Waals surface area contributed by atoms with Crippen LogP contribution in [0.25, 0.3) is 0 Å². The zero-order chi connectivity index (χ0) is 14.5. The average Bonchev–Trinajstić information content (AvgIpc) is 2.41. The molecule has 1 aromatic heterocycles. The Kier molecular flexibility index (Phi) is 4.74. The van der Waals surface area contributed by atoms with Crippen LogP contribution in [0.15, 0.2) is 47.2 Å². The molecule has 0 atom stereocenters. The van der Waals surface area contributed by atoms with Crippen LogP contribution >= 0.6 is 15.9 Å². The Hall–Kier alpha value is -1.88. The highest BCUT2D eigenvalue weighted by Crippen LogP contribution is 2.16. The highest BCUT2D eigenvalue weighted by Gasteiger charge is 2.08. The summed E-state index contributed by atoms with van der Waals surface area (Å²) in [7, 11) is 0. The van der Waals surface area contributed by atoms with E-state index in [0.29, 0.717) is 11.6 Å². The van der Waals surface area contributed by atoms with Crippen LogP contribution in [0.1, 0.15) is 24.2 Å². The van der Waals surface area contributed by atoms with Gasteiger partial charge in [0.15, 0.2) is 0 Å². The Balaban J connectivity index is 2.10. The van der Waals surface area contributed by atoms with Crippen LogP contribution in [0.4, 0.5) is 11.4 Å². The maximum Gasteiger partial charge on any atom is 0.257 e. The van der Waals surface area contributed by atoms with Gasteiger partial charge in [-0.3, -0.25) is 9.78 Å². The SMILES string of the molecule is CC(C)Nc1cncc(C(=O)Nc2ccc(Br)cc2)c1. The molecule has 2 rings (SSSR count). The fraction of sp³-hybridized carbons (Fsp3) is 0.200. The van der Waals surface area contributed by atoms with E-state index >= 15 is 0 Å². The van der Waals surface area contributed by atoms with Gasteiger partial charge in [0.2, 0.25) is 0 Å². The predicted octanol–water partition coefficient (Wildman–Crippen LogP) is 3.92. The fourth-order valence-corrected chi connectivity index (χ4v) is 1.98. The summed E-state index contributed by atoms with van der Waals surface area (Å²) in [6, 6.07) is 9.52.